The van der Waals surface area contributed by atoms with E-state index in [1.165, 1.54) is 0 Å². The number of hydrogen-bond acceptors (Lipinski definition) is 3. The summed E-state index contributed by atoms with van der Waals surface area (Å²) in [7, 11) is 0. The van der Waals surface area contributed by atoms with Gasteiger partial charge in [0.25, 0.3) is 0 Å². The smallest absolute Gasteiger partial charge is 0.155 e. The normalized spacial score (nSPS) is 9.86. The first-order valence-electron chi connectivity index (χ1n) is 4.71. The lowest BCUT2D eigenvalue weighted by Gasteiger charge is -2.08. The third kappa shape index (κ3) is 3.06. The van der Waals surface area contributed by atoms with Crippen molar-refractivity contribution < 1.29 is 4.74 Å². The minimum Gasteiger partial charge on any atom is -0.491 e. The van der Waals surface area contributed by atoms with Crippen LogP contribution in [0, 0.1) is 17.2 Å². The molecule has 0 fully saturated rings. The van der Waals surface area contributed by atoms with Crippen LogP contribution in [-0.2, 0) is 0 Å². The number of rotatable bonds is 4. The van der Waals surface area contributed by atoms with E-state index in [4.69, 9.17) is 10.00 Å². The molecule has 0 bridgehead atoms. The van der Waals surface area contributed by atoms with Crippen molar-refractivity contribution in [3.05, 3.63) is 24.0 Å². The predicted octanol–water partition coefficient (Wildman–Crippen LogP) is 2.38. The van der Waals surface area contributed by atoms with E-state index in [2.05, 4.69) is 24.9 Å². The van der Waals surface area contributed by atoms with Crippen molar-refractivity contribution >= 4 is 0 Å². The Morgan fingerprint density at radius 3 is 3.00 bits per heavy atom. The first-order valence-corrected chi connectivity index (χ1v) is 4.71. The van der Waals surface area contributed by atoms with E-state index in [-0.39, 0.29) is 0 Å². The predicted molar refractivity (Wildman–Crippen MR) is 53.9 cm³/mol. The lowest BCUT2D eigenvalue weighted by atomic mass is 10.1. The lowest BCUT2D eigenvalue weighted by molar-refractivity contribution is 0.288. The van der Waals surface area contributed by atoms with Crippen LogP contribution < -0.4 is 4.74 Å². The maximum absolute atomic E-state index is 8.77. The molecule has 0 N–H and O–H groups in total. The Kier molecular flexibility index (Phi) is 3.93. The van der Waals surface area contributed by atoms with Gasteiger partial charge in [0.1, 0.15) is 6.07 Å². The van der Waals surface area contributed by atoms with Crippen molar-refractivity contribution in [1.29, 1.82) is 5.26 Å². The third-order valence-electron chi connectivity index (χ3n) is 1.86. The number of aromatic nitrogens is 1. The van der Waals surface area contributed by atoms with Gasteiger partial charge >= 0.3 is 0 Å². The molecule has 0 spiro atoms. The molecule has 14 heavy (non-hydrogen) atoms. The molecule has 1 aromatic heterocycles. The van der Waals surface area contributed by atoms with Crippen molar-refractivity contribution in [3.63, 3.8) is 0 Å². The van der Waals surface area contributed by atoms with Crippen LogP contribution in [-0.4, -0.2) is 11.6 Å². The maximum atomic E-state index is 8.77. The molecule has 74 valence electrons. The fraction of sp³-hybridized carbons (Fsp3) is 0.455. The van der Waals surface area contributed by atoms with Crippen molar-refractivity contribution in [3.8, 4) is 11.8 Å². The van der Waals surface area contributed by atoms with Crippen LogP contribution in [0.2, 0.25) is 0 Å². The summed E-state index contributed by atoms with van der Waals surface area (Å²) in [5.41, 5.74) is 0.545. The van der Waals surface area contributed by atoms with Gasteiger partial charge in [0.15, 0.2) is 5.75 Å². The van der Waals surface area contributed by atoms with E-state index in [9.17, 15) is 0 Å². The van der Waals surface area contributed by atoms with Gasteiger partial charge in [-0.1, -0.05) is 13.8 Å². The van der Waals surface area contributed by atoms with E-state index < -0.39 is 0 Å². The lowest BCUT2D eigenvalue weighted by Crippen LogP contribution is -2.02. The van der Waals surface area contributed by atoms with Gasteiger partial charge in [-0.3, -0.25) is 4.98 Å². The molecule has 0 radical (unpaired) electrons. The van der Waals surface area contributed by atoms with Gasteiger partial charge in [0.05, 0.1) is 18.4 Å². The summed E-state index contributed by atoms with van der Waals surface area (Å²) in [6.45, 7) is 4.91. The Balaban J connectivity index is 2.54. The zero-order valence-corrected chi connectivity index (χ0v) is 8.53. The van der Waals surface area contributed by atoms with Crippen LogP contribution in [0.1, 0.15) is 25.8 Å². The number of hydrogen-bond donors (Lipinski definition) is 0. The fourth-order valence-electron chi connectivity index (χ4n) is 0.992. The molecule has 0 atom stereocenters. The summed E-state index contributed by atoms with van der Waals surface area (Å²) in [5.74, 6) is 1.19. The SMILES string of the molecule is CC(C)CCOc1cnccc1C#N. The topological polar surface area (TPSA) is 45.9 Å². The average Bonchev–Trinajstić information content (AvgIpc) is 2.18. The highest BCUT2D eigenvalue weighted by atomic mass is 16.5. The first kappa shape index (κ1) is 10.5. The van der Waals surface area contributed by atoms with Crippen molar-refractivity contribution in [1.82, 2.24) is 4.98 Å². The van der Waals surface area contributed by atoms with Gasteiger partial charge in [-0.05, 0) is 18.4 Å². The number of nitriles is 1. The molecule has 1 rings (SSSR count). The molecular formula is C11H14N2O. The summed E-state index contributed by atoms with van der Waals surface area (Å²) in [6.07, 6.45) is 4.16. The van der Waals surface area contributed by atoms with Gasteiger partial charge in [-0.2, -0.15) is 5.26 Å². The van der Waals surface area contributed by atoms with E-state index in [1.54, 1.807) is 18.5 Å². The van der Waals surface area contributed by atoms with E-state index in [1.807, 2.05) is 0 Å². The zero-order chi connectivity index (χ0) is 10.4. The Morgan fingerprint density at radius 2 is 2.36 bits per heavy atom. The van der Waals surface area contributed by atoms with Crippen molar-refractivity contribution in [2.75, 3.05) is 6.61 Å². The van der Waals surface area contributed by atoms with Gasteiger partial charge in [-0.25, -0.2) is 0 Å². The quantitative estimate of drug-likeness (QED) is 0.732. The molecule has 0 amide bonds. The van der Waals surface area contributed by atoms with Gasteiger partial charge in [0, 0.05) is 6.20 Å². The summed E-state index contributed by atoms with van der Waals surface area (Å²) < 4.78 is 5.45. The van der Waals surface area contributed by atoms with Crippen molar-refractivity contribution in [2.24, 2.45) is 5.92 Å². The highest BCUT2D eigenvalue weighted by Gasteiger charge is 2.02. The first-order chi connectivity index (χ1) is 6.74. The zero-order valence-electron chi connectivity index (χ0n) is 8.53. The largest absolute Gasteiger partial charge is 0.491 e. The average molecular weight is 190 g/mol. The van der Waals surface area contributed by atoms with Gasteiger partial charge in [0.2, 0.25) is 0 Å². The summed E-state index contributed by atoms with van der Waals surface area (Å²) in [4.78, 5) is 3.91. The standard InChI is InChI=1S/C11H14N2O/c1-9(2)4-6-14-11-8-13-5-3-10(11)7-12/h3,5,8-9H,4,6H2,1-2H3. The van der Waals surface area contributed by atoms with Crippen LogP contribution in [0.15, 0.2) is 18.5 Å². The summed E-state index contributed by atoms with van der Waals surface area (Å²) >= 11 is 0. The van der Waals surface area contributed by atoms with Crippen LogP contribution in [0.5, 0.6) is 5.75 Å². The van der Waals surface area contributed by atoms with Crippen molar-refractivity contribution in [2.45, 2.75) is 20.3 Å². The summed E-state index contributed by atoms with van der Waals surface area (Å²) in [6, 6.07) is 3.73. The molecule has 0 saturated heterocycles. The van der Waals surface area contributed by atoms with E-state index in [0.29, 0.717) is 23.8 Å². The van der Waals surface area contributed by atoms with Crippen LogP contribution in [0.25, 0.3) is 0 Å². The van der Waals surface area contributed by atoms with Gasteiger partial charge < -0.3 is 4.74 Å². The Morgan fingerprint density at radius 1 is 1.57 bits per heavy atom. The van der Waals surface area contributed by atoms with E-state index in [0.717, 1.165) is 6.42 Å². The minimum atomic E-state index is 0.545. The summed E-state index contributed by atoms with van der Waals surface area (Å²) in [5, 5.41) is 8.77. The maximum Gasteiger partial charge on any atom is 0.155 e. The molecule has 0 aliphatic carbocycles. The molecule has 0 unspecified atom stereocenters. The Bertz CT molecular complexity index is 328. The molecule has 1 heterocycles. The number of pyridine rings is 1. The molecule has 0 aromatic carbocycles. The minimum absolute atomic E-state index is 0.545. The molecule has 1 aromatic rings. The number of ether oxygens (including phenoxy) is 1. The highest BCUT2D eigenvalue weighted by molar-refractivity contribution is 5.40. The third-order valence-corrected chi connectivity index (χ3v) is 1.86. The highest BCUT2D eigenvalue weighted by Crippen LogP contribution is 2.15. The molecule has 0 saturated carbocycles. The van der Waals surface area contributed by atoms with Gasteiger partial charge in [-0.15, -0.1) is 0 Å². The molecule has 3 nitrogen and oxygen atoms in total. The second-order valence-corrected chi connectivity index (χ2v) is 3.51. The van der Waals surface area contributed by atoms with Crippen LogP contribution >= 0.6 is 0 Å². The molecule has 3 heteroatoms. The molecule has 0 aliphatic heterocycles. The monoisotopic (exact) mass is 190 g/mol. The Labute approximate surface area is 84.3 Å². The second kappa shape index (κ2) is 5.23. The second-order valence-electron chi connectivity index (χ2n) is 3.51. The van der Waals surface area contributed by atoms with Crippen LogP contribution in [0.4, 0.5) is 0 Å². The van der Waals surface area contributed by atoms with E-state index >= 15 is 0 Å². The molecule has 0 aliphatic rings. The fourth-order valence-corrected chi connectivity index (χ4v) is 0.992. The Hall–Kier alpha value is -1.56. The number of nitrogens with zero attached hydrogens (tertiary/aromatic N) is 2. The van der Waals surface area contributed by atoms with Crippen LogP contribution in [0.3, 0.4) is 0 Å². The molecular weight excluding hydrogens is 176 g/mol.